The van der Waals surface area contributed by atoms with Crippen molar-refractivity contribution < 1.29 is 4.39 Å². The highest BCUT2D eigenvalue weighted by molar-refractivity contribution is 5.74. The molecule has 0 amide bonds. The zero-order valence-corrected chi connectivity index (χ0v) is 14.7. The lowest BCUT2D eigenvalue weighted by Crippen LogP contribution is -2.10. The van der Waals surface area contributed by atoms with E-state index in [2.05, 4.69) is 31.5 Å². The van der Waals surface area contributed by atoms with E-state index in [9.17, 15) is 4.39 Å². The van der Waals surface area contributed by atoms with Crippen LogP contribution >= 0.6 is 0 Å². The van der Waals surface area contributed by atoms with E-state index < -0.39 is 0 Å². The molecular weight excluding hydrogens is 345 g/mol. The summed E-state index contributed by atoms with van der Waals surface area (Å²) in [6, 6.07) is 8.81. The van der Waals surface area contributed by atoms with Crippen molar-refractivity contribution in [2.45, 2.75) is 31.7 Å². The molecule has 1 saturated carbocycles. The molecule has 7 nitrogen and oxygen atoms in total. The van der Waals surface area contributed by atoms with Crippen LogP contribution in [-0.2, 0) is 0 Å². The van der Waals surface area contributed by atoms with Gasteiger partial charge in [-0.25, -0.2) is 14.4 Å². The average Bonchev–Trinajstić information content (AvgIpc) is 3.26. The molecule has 1 aliphatic rings. The van der Waals surface area contributed by atoms with Gasteiger partial charge in [0.25, 0.3) is 0 Å². The highest BCUT2D eigenvalue weighted by Gasteiger charge is 2.26. The minimum absolute atomic E-state index is 0.112. The standard InChI is InChI=1S/C19H18FN7/c1-11(14-5-4-13(20)9-21-14)23-17-7-6-15-19(24-17)27(10-22-15)18-8-16(25-26-18)12-2-3-12/h4-12H,2-3H2,1H3,(H,23,24)(H,25,26)/t11-/m0/s1. The number of halogens is 1. The van der Waals surface area contributed by atoms with Gasteiger partial charge < -0.3 is 5.32 Å². The van der Waals surface area contributed by atoms with Crippen molar-refractivity contribution in [2.75, 3.05) is 5.32 Å². The largest absolute Gasteiger partial charge is 0.362 e. The van der Waals surface area contributed by atoms with Crippen molar-refractivity contribution in [3.8, 4) is 5.82 Å². The summed E-state index contributed by atoms with van der Waals surface area (Å²) in [6.45, 7) is 1.96. The van der Waals surface area contributed by atoms with Crippen LogP contribution in [0.3, 0.4) is 0 Å². The van der Waals surface area contributed by atoms with Crippen LogP contribution in [0.5, 0.6) is 0 Å². The first-order valence-electron chi connectivity index (χ1n) is 8.95. The Hall–Kier alpha value is -3.29. The Morgan fingerprint density at radius 3 is 2.89 bits per heavy atom. The zero-order chi connectivity index (χ0) is 18.4. The van der Waals surface area contributed by atoms with Crippen molar-refractivity contribution in [1.82, 2.24) is 29.7 Å². The number of hydrogen-bond donors (Lipinski definition) is 2. The molecule has 4 aromatic heterocycles. The molecule has 1 aliphatic carbocycles. The molecule has 0 aromatic carbocycles. The molecule has 4 aromatic rings. The third-order valence-corrected chi connectivity index (χ3v) is 4.80. The summed E-state index contributed by atoms with van der Waals surface area (Å²) in [4.78, 5) is 13.2. The van der Waals surface area contributed by atoms with Crippen molar-refractivity contribution in [3.05, 3.63) is 60.1 Å². The number of H-pyrrole nitrogens is 1. The summed E-state index contributed by atoms with van der Waals surface area (Å²) in [5.41, 5.74) is 3.43. The first-order valence-corrected chi connectivity index (χ1v) is 8.95. The Labute approximate surface area is 154 Å². The summed E-state index contributed by atoms with van der Waals surface area (Å²) in [5.74, 6) is 1.74. The molecule has 5 rings (SSSR count). The first-order chi connectivity index (χ1) is 13.2. The predicted molar refractivity (Wildman–Crippen MR) is 99.2 cm³/mol. The molecule has 0 bridgehead atoms. The van der Waals surface area contributed by atoms with Crippen LogP contribution in [0.1, 0.15) is 43.1 Å². The molecule has 4 heterocycles. The Kier molecular flexibility index (Phi) is 3.63. The number of anilines is 1. The number of aromatic nitrogens is 6. The highest BCUT2D eigenvalue weighted by Crippen LogP contribution is 2.39. The van der Waals surface area contributed by atoms with Gasteiger partial charge in [0, 0.05) is 17.7 Å². The van der Waals surface area contributed by atoms with Gasteiger partial charge in [-0.2, -0.15) is 5.10 Å². The van der Waals surface area contributed by atoms with Crippen LogP contribution < -0.4 is 5.32 Å². The molecule has 0 unspecified atom stereocenters. The smallest absolute Gasteiger partial charge is 0.168 e. The lowest BCUT2D eigenvalue weighted by atomic mass is 10.2. The summed E-state index contributed by atoms with van der Waals surface area (Å²) >= 11 is 0. The summed E-state index contributed by atoms with van der Waals surface area (Å²) in [7, 11) is 0. The quantitative estimate of drug-likeness (QED) is 0.564. The number of hydrogen-bond acceptors (Lipinski definition) is 5. The molecule has 136 valence electrons. The first kappa shape index (κ1) is 15.9. The van der Waals surface area contributed by atoms with Gasteiger partial charge in [-0.05, 0) is 44.0 Å². The van der Waals surface area contributed by atoms with E-state index in [0.29, 0.717) is 11.7 Å². The van der Waals surface area contributed by atoms with Gasteiger partial charge in [-0.3, -0.25) is 14.6 Å². The van der Waals surface area contributed by atoms with Gasteiger partial charge in [0.2, 0.25) is 0 Å². The number of fused-ring (bicyclic) bond motifs is 1. The molecule has 0 spiro atoms. The van der Waals surface area contributed by atoms with E-state index in [-0.39, 0.29) is 11.9 Å². The summed E-state index contributed by atoms with van der Waals surface area (Å²) < 4.78 is 14.9. The zero-order valence-electron chi connectivity index (χ0n) is 14.7. The molecule has 1 fully saturated rings. The Morgan fingerprint density at radius 2 is 2.11 bits per heavy atom. The lowest BCUT2D eigenvalue weighted by Gasteiger charge is -2.14. The van der Waals surface area contributed by atoms with E-state index >= 15 is 0 Å². The minimum atomic E-state index is -0.348. The number of aromatic amines is 1. The van der Waals surface area contributed by atoms with Gasteiger partial charge in [0.15, 0.2) is 11.5 Å². The monoisotopic (exact) mass is 363 g/mol. The molecular formula is C19H18FN7. The van der Waals surface area contributed by atoms with Crippen molar-refractivity contribution >= 4 is 17.0 Å². The predicted octanol–water partition coefficient (Wildman–Crippen LogP) is 3.73. The fourth-order valence-electron chi connectivity index (χ4n) is 3.13. The van der Waals surface area contributed by atoms with Gasteiger partial charge in [-0.15, -0.1) is 0 Å². The van der Waals surface area contributed by atoms with Crippen LogP contribution in [0.25, 0.3) is 17.0 Å². The minimum Gasteiger partial charge on any atom is -0.362 e. The van der Waals surface area contributed by atoms with E-state index in [4.69, 9.17) is 4.98 Å². The van der Waals surface area contributed by atoms with Crippen molar-refractivity contribution in [2.24, 2.45) is 0 Å². The number of pyridine rings is 2. The Morgan fingerprint density at radius 1 is 1.22 bits per heavy atom. The van der Waals surface area contributed by atoms with E-state index in [1.165, 1.54) is 25.1 Å². The topological polar surface area (TPSA) is 84.3 Å². The van der Waals surface area contributed by atoms with E-state index in [1.54, 1.807) is 12.4 Å². The van der Waals surface area contributed by atoms with Gasteiger partial charge in [-0.1, -0.05) is 0 Å². The molecule has 8 heteroatoms. The molecule has 2 N–H and O–H groups in total. The van der Waals surface area contributed by atoms with Crippen LogP contribution in [-0.4, -0.2) is 29.7 Å². The van der Waals surface area contributed by atoms with Crippen molar-refractivity contribution in [3.63, 3.8) is 0 Å². The fourth-order valence-corrected chi connectivity index (χ4v) is 3.13. The van der Waals surface area contributed by atoms with Gasteiger partial charge in [0.1, 0.15) is 23.5 Å². The fraction of sp³-hybridized carbons (Fsp3) is 0.263. The SMILES string of the molecule is C[C@H](Nc1ccc2ncn(-c3cc(C4CC4)[nH]n3)c2n1)c1ccc(F)cn1. The summed E-state index contributed by atoms with van der Waals surface area (Å²) in [6.07, 6.45) is 5.38. The number of nitrogens with zero attached hydrogens (tertiary/aromatic N) is 5. The maximum absolute atomic E-state index is 13.1. The normalized spacial score (nSPS) is 15.2. The molecule has 0 aliphatic heterocycles. The number of rotatable bonds is 5. The number of imidazole rings is 1. The molecule has 27 heavy (non-hydrogen) atoms. The second-order valence-electron chi connectivity index (χ2n) is 6.88. The third-order valence-electron chi connectivity index (χ3n) is 4.80. The third kappa shape index (κ3) is 3.03. The lowest BCUT2D eigenvalue weighted by molar-refractivity contribution is 0.617. The van der Waals surface area contributed by atoms with Crippen LogP contribution in [0.15, 0.2) is 42.9 Å². The van der Waals surface area contributed by atoms with Crippen LogP contribution in [0, 0.1) is 5.82 Å². The second kappa shape index (κ2) is 6.15. The van der Waals surface area contributed by atoms with Gasteiger partial charge >= 0.3 is 0 Å². The van der Waals surface area contributed by atoms with E-state index in [0.717, 1.165) is 28.4 Å². The van der Waals surface area contributed by atoms with Crippen LogP contribution in [0.4, 0.5) is 10.2 Å². The Bertz CT molecular complexity index is 1090. The van der Waals surface area contributed by atoms with E-state index in [1.807, 2.05) is 23.6 Å². The second-order valence-corrected chi connectivity index (χ2v) is 6.88. The molecule has 0 radical (unpaired) electrons. The maximum atomic E-state index is 13.1. The van der Waals surface area contributed by atoms with Crippen molar-refractivity contribution in [1.29, 1.82) is 0 Å². The molecule has 1 atom stereocenters. The maximum Gasteiger partial charge on any atom is 0.168 e. The summed E-state index contributed by atoms with van der Waals surface area (Å²) in [5, 5.41) is 10.8. The van der Waals surface area contributed by atoms with Gasteiger partial charge in [0.05, 0.1) is 17.9 Å². The number of nitrogens with one attached hydrogen (secondary N) is 2. The Balaban J connectivity index is 1.44. The van der Waals surface area contributed by atoms with Crippen LogP contribution in [0.2, 0.25) is 0 Å². The average molecular weight is 363 g/mol. The molecule has 0 saturated heterocycles. The highest BCUT2D eigenvalue weighted by atomic mass is 19.1.